The molecule has 1 heterocycles. The minimum absolute atomic E-state index is 0.156. The van der Waals surface area contributed by atoms with Gasteiger partial charge in [0.2, 0.25) is 0 Å². The van der Waals surface area contributed by atoms with Crippen LogP contribution >= 0.6 is 27.3 Å². The number of rotatable bonds is 4. The fraction of sp³-hybridized carbons (Fsp3) is 0.600. The lowest BCUT2D eigenvalue weighted by molar-refractivity contribution is 0.0741. The van der Waals surface area contributed by atoms with Crippen molar-refractivity contribution in [1.29, 1.82) is 0 Å². The van der Waals surface area contributed by atoms with Gasteiger partial charge in [0.05, 0.1) is 6.61 Å². The molecule has 0 amide bonds. The van der Waals surface area contributed by atoms with Crippen molar-refractivity contribution in [3.63, 3.8) is 0 Å². The second-order valence-electron chi connectivity index (χ2n) is 4.06. The zero-order chi connectivity index (χ0) is 10.8. The zero-order valence-electron chi connectivity index (χ0n) is 8.75. The van der Waals surface area contributed by atoms with Gasteiger partial charge in [0.25, 0.3) is 0 Å². The number of aliphatic hydroxyl groups excluding tert-OH is 1. The van der Waals surface area contributed by atoms with Crippen LogP contribution in [0.4, 0.5) is 0 Å². The van der Waals surface area contributed by atoms with Crippen LogP contribution in [-0.4, -0.2) is 29.2 Å². The van der Waals surface area contributed by atoms with Crippen LogP contribution in [0.15, 0.2) is 15.9 Å². The molecule has 0 saturated carbocycles. The van der Waals surface area contributed by atoms with Crippen LogP contribution < -0.4 is 0 Å². The number of aliphatic hydroxyl groups is 1. The standard InChI is InChI=1S/C10H16BrNOS/c1-10(2,7-13)12(3)5-9-4-8(11)6-14-9/h4,6,13H,5,7H2,1-3H3. The summed E-state index contributed by atoms with van der Waals surface area (Å²) in [5.41, 5.74) is -0.156. The second kappa shape index (κ2) is 4.75. The molecule has 80 valence electrons. The lowest BCUT2D eigenvalue weighted by Gasteiger charge is -2.33. The molecule has 1 N–H and O–H groups in total. The molecule has 0 atom stereocenters. The van der Waals surface area contributed by atoms with E-state index in [0.717, 1.165) is 11.0 Å². The minimum atomic E-state index is -0.156. The molecule has 0 saturated heterocycles. The van der Waals surface area contributed by atoms with Gasteiger partial charge in [0.1, 0.15) is 0 Å². The topological polar surface area (TPSA) is 23.5 Å². The Hall–Kier alpha value is 0.1000. The van der Waals surface area contributed by atoms with Crippen molar-refractivity contribution in [3.05, 3.63) is 20.8 Å². The van der Waals surface area contributed by atoms with E-state index in [1.54, 1.807) is 11.3 Å². The summed E-state index contributed by atoms with van der Waals surface area (Å²) in [5, 5.41) is 11.3. The molecule has 1 aromatic rings. The van der Waals surface area contributed by atoms with E-state index in [4.69, 9.17) is 0 Å². The summed E-state index contributed by atoms with van der Waals surface area (Å²) in [5.74, 6) is 0. The van der Waals surface area contributed by atoms with Crippen LogP contribution in [0.5, 0.6) is 0 Å². The lowest BCUT2D eigenvalue weighted by atomic mass is 10.1. The summed E-state index contributed by atoms with van der Waals surface area (Å²) < 4.78 is 1.13. The minimum Gasteiger partial charge on any atom is -0.394 e. The molecule has 4 heteroatoms. The van der Waals surface area contributed by atoms with Crippen molar-refractivity contribution in [2.24, 2.45) is 0 Å². The average molecular weight is 278 g/mol. The van der Waals surface area contributed by atoms with E-state index < -0.39 is 0 Å². The molecule has 0 spiro atoms. The number of hydrogen-bond acceptors (Lipinski definition) is 3. The maximum atomic E-state index is 9.20. The zero-order valence-corrected chi connectivity index (χ0v) is 11.2. The molecule has 0 aliphatic carbocycles. The molecular formula is C10H16BrNOS. The van der Waals surface area contributed by atoms with Crippen LogP contribution in [0.1, 0.15) is 18.7 Å². The molecular weight excluding hydrogens is 262 g/mol. The Labute approximate surface area is 97.7 Å². The first-order valence-corrected chi connectivity index (χ1v) is 6.18. The van der Waals surface area contributed by atoms with Crippen molar-refractivity contribution >= 4 is 27.3 Å². The molecule has 0 radical (unpaired) electrons. The molecule has 0 unspecified atom stereocenters. The van der Waals surface area contributed by atoms with E-state index >= 15 is 0 Å². The predicted molar refractivity (Wildman–Crippen MR) is 64.7 cm³/mol. The summed E-state index contributed by atoms with van der Waals surface area (Å²) in [7, 11) is 2.03. The van der Waals surface area contributed by atoms with Gasteiger partial charge in [-0.15, -0.1) is 11.3 Å². The summed E-state index contributed by atoms with van der Waals surface area (Å²) in [4.78, 5) is 3.46. The van der Waals surface area contributed by atoms with Gasteiger partial charge in [-0.2, -0.15) is 0 Å². The van der Waals surface area contributed by atoms with Crippen LogP contribution in [0.3, 0.4) is 0 Å². The number of halogens is 1. The lowest BCUT2D eigenvalue weighted by Crippen LogP contribution is -2.43. The van der Waals surface area contributed by atoms with Gasteiger partial charge < -0.3 is 5.11 Å². The fourth-order valence-electron chi connectivity index (χ4n) is 1.01. The van der Waals surface area contributed by atoms with E-state index in [-0.39, 0.29) is 12.1 Å². The highest BCUT2D eigenvalue weighted by Gasteiger charge is 2.22. The maximum absolute atomic E-state index is 9.20. The van der Waals surface area contributed by atoms with Crippen LogP contribution in [0, 0.1) is 0 Å². The van der Waals surface area contributed by atoms with Gasteiger partial charge in [-0.25, -0.2) is 0 Å². The maximum Gasteiger partial charge on any atom is 0.0610 e. The Morgan fingerprint density at radius 2 is 2.21 bits per heavy atom. The molecule has 1 rings (SSSR count). The Morgan fingerprint density at radius 3 is 2.64 bits per heavy atom. The monoisotopic (exact) mass is 277 g/mol. The summed E-state index contributed by atoms with van der Waals surface area (Å²) >= 11 is 5.17. The van der Waals surface area contributed by atoms with Gasteiger partial charge in [-0.1, -0.05) is 0 Å². The third-order valence-corrected chi connectivity index (χ3v) is 4.12. The molecule has 14 heavy (non-hydrogen) atoms. The Bertz CT molecular complexity index is 298. The Balaban J connectivity index is 2.61. The van der Waals surface area contributed by atoms with Gasteiger partial charge in [-0.3, -0.25) is 4.90 Å². The highest BCUT2D eigenvalue weighted by atomic mass is 79.9. The highest BCUT2D eigenvalue weighted by Crippen LogP contribution is 2.23. The number of likely N-dealkylation sites (N-methyl/N-ethyl adjacent to an activating group) is 1. The van der Waals surface area contributed by atoms with E-state index in [9.17, 15) is 5.11 Å². The van der Waals surface area contributed by atoms with Crippen molar-refractivity contribution in [2.75, 3.05) is 13.7 Å². The largest absolute Gasteiger partial charge is 0.394 e. The van der Waals surface area contributed by atoms with Crippen molar-refractivity contribution in [1.82, 2.24) is 4.90 Å². The molecule has 0 bridgehead atoms. The Morgan fingerprint density at radius 1 is 1.57 bits per heavy atom. The molecule has 1 aromatic heterocycles. The third-order valence-electron chi connectivity index (χ3n) is 2.44. The number of thiophene rings is 1. The first-order valence-electron chi connectivity index (χ1n) is 4.51. The van der Waals surface area contributed by atoms with E-state index in [2.05, 4.69) is 32.3 Å². The Kier molecular flexibility index (Phi) is 4.13. The van der Waals surface area contributed by atoms with Gasteiger partial charge >= 0.3 is 0 Å². The average Bonchev–Trinajstić information content (AvgIpc) is 2.51. The van der Waals surface area contributed by atoms with Crippen LogP contribution in [0.2, 0.25) is 0 Å². The molecule has 2 nitrogen and oxygen atoms in total. The van der Waals surface area contributed by atoms with Crippen molar-refractivity contribution in [2.45, 2.75) is 25.9 Å². The first kappa shape index (κ1) is 12.2. The summed E-state index contributed by atoms with van der Waals surface area (Å²) in [6.07, 6.45) is 0. The number of nitrogens with zero attached hydrogens (tertiary/aromatic N) is 1. The highest BCUT2D eigenvalue weighted by molar-refractivity contribution is 9.10. The van der Waals surface area contributed by atoms with Crippen LogP contribution in [0.25, 0.3) is 0 Å². The van der Waals surface area contributed by atoms with Crippen molar-refractivity contribution in [3.8, 4) is 0 Å². The normalized spacial score (nSPS) is 12.4. The summed E-state index contributed by atoms with van der Waals surface area (Å²) in [6, 6.07) is 2.12. The van der Waals surface area contributed by atoms with E-state index in [1.165, 1.54) is 4.88 Å². The van der Waals surface area contributed by atoms with E-state index in [1.807, 2.05) is 20.9 Å². The smallest absolute Gasteiger partial charge is 0.0610 e. The van der Waals surface area contributed by atoms with Gasteiger partial charge in [-0.05, 0) is 42.9 Å². The van der Waals surface area contributed by atoms with Crippen molar-refractivity contribution < 1.29 is 5.11 Å². The summed E-state index contributed by atoms with van der Waals surface area (Å²) in [6.45, 7) is 5.13. The van der Waals surface area contributed by atoms with Gasteiger partial charge in [0, 0.05) is 26.8 Å². The van der Waals surface area contributed by atoms with Gasteiger partial charge in [0.15, 0.2) is 0 Å². The van der Waals surface area contributed by atoms with E-state index in [0.29, 0.717) is 0 Å². The first-order chi connectivity index (χ1) is 6.45. The molecule has 0 fully saturated rings. The number of hydrogen-bond donors (Lipinski definition) is 1. The molecule has 0 aliphatic rings. The quantitative estimate of drug-likeness (QED) is 0.915. The SMILES string of the molecule is CN(Cc1cc(Br)cs1)C(C)(C)CO. The fourth-order valence-corrected chi connectivity index (χ4v) is 2.51. The molecule has 0 aliphatic heterocycles. The third kappa shape index (κ3) is 3.05. The predicted octanol–water partition coefficient (Wildman–Crippen LogP) is 2.71. The van der Waals surface area contributed by atoms with Crippen LogP contribution in [-0.2, 0) is 6.54 Å². The second-order valence-corrected chi connectivity index (χ2v) is 5.97. The molecule has 0 aromatic carbocycles.